The molecule has 0 rings (SSSR count). The highest BCUT2D eigenvalue weighted by molar-refractivity contribution is 4.56. The van der Waals surface area contributed by atoms with E-state index in [1.807, 2.05) is 14.1 Å². The molecule has 1 unspecified atom stereocenters. The van der Waals surface area contributed by atoms with Gasteiger partial charge in [-0.1, -0.05) is 12.8 Å². The summed E-state index contributed by atoms with van der Waals surface area (Å²) in [5, 5.41) is 6.39. The number of hydrogen-bond donors (Lipinski definition) is 2. The Bertz CT molecular complexity index is 74.0. The molecule has 0 heterocycles. The molecule has 0 aliphatic rings. The van der Waals surface area contributed by atoms with E-state index in [1.165, 1.54) is 25.7 Å². The van der Waals surface area contributed by atoms with Gasteiger partial charge in [-0.05, 0) is 40.4 Å². The van der Waals surface area contributed by atoms with Crippen molar-refractivity contribution in [1.82, 2.24) is 10.6 Å². The van der Waals surface area contributed by atoms with Crippen molar-refractivity contribution in [2.24, 2.45) is 0 Å². The smallest absolute Gasteiger partial charge is 0.00357 e. The lowest BCUT2D eigenvalue weighted by Crippen LogP contribution is -2.20. The van der Waals surface area contributed by atoms with Gasteiger partial charge in [-0.15, -0.1) is 0 Å². The highest BCUT2D eigenvalue weighted by Gasteiger charge is 1.96. The van der Waals surface area contributed by atoms with Gasteiger partial charge in [-0.3, -0.25) is 0 Å². The van der Waals surface area contributed by atoms with Crippen molar-refractivity contribution >= 4 is 0 Å². The molecule has 0 aromatic carbocycles. The number of rotatable bonds is 7. The molecule has 0 aromatic heterocycles. The van der Waals surface area contributed by atoms with Gasteiger partial charge in [-0.25, -0.2) is 0 Å². The van der Waals surface area contributed by atoms with Crippen molar-refractivity contribution in [3.05, 3.63) is 0 Å². The third kappa shape index (κ3) is 7.82. The summed E-state index contributed by atoms with van der Waals surface area (Å²) in [4.78, 5) is 0. The van der Waals surface area contributed by atoms with Crippen LogP contribution in [0.3, 0.4) is 0 Å². The Morgan fingerprint density at radius 2 is 1.82 bits per heavy atom. The van der Waals surface area contributed by atoms with Crippen LogP contribution in [0.5, 0.6) is 0 Å². The minimum absolute atomic E-state index is 0.685. The van der Waals surface area contributed by atoms with Gasteiger partial charge in [0, 0.05) is 6.04 Å². The Morgan fingerprint density at radius 1 is 1.09 bits per heavy atom. The van der Waals surface area contributed by atoms with E-state index in [9.17, 15) is 0 Å². The Hall–Kier alpha value is -0.0800. The predicted molar refractivity (Wildman–Crippen MR) is 50.9 cm³/mol. The molecular weight excluding hydrogens is 136 g/mol. The Morgan fingerprint density at radius 3 is 2.36 bits per heavy atom. The van der Waals surface area contributed by atoms with Gasteiger partial charge in [-0.2, -0.15) is 0 Å². The lowest BCUT2D eigenvalue weighted by molar-refractivity contribution is 0.516. The van der Waals surface area contributed by atoms with E-state index in [0.29, 0.717) is 6.04 Å². The zero-order valence-corrected chi connectivity index (χ0v) is 8.11. The molecule has 0 saturated heterocycles. The summed E-state index contributed by atoms with van der Waals surface area (Å²) in [6, 6.07) is 0.685. The molecule has 11 heavy (non-hydrogen) atoms. The maximum absolute atomic E-state index is 3.24. The van der Waals surface area contributed by atoms with Crippen LogP contribution < -0.4 is 10.6 Å². The first-order valence-corrected chi connectivity index (χ1v) is 4.63. The second-order valence-corrected chi connectivity index (χ2v) is 3.14. The molecule has 2 N–H and O–H groups in total. The van der Waals surface area contributed by atoms with Gasteiger partial charge in [0.25, 0.3) is 0 Å². The van der Waals surface area contributed by atoms with Crippen molar-refractivity contribution in [1.29, 1.82) is 0 Å². The molecule has 0 aromatic rings. The monoisotopic (exact) mass is 158 g/mol. The van der Waals surface area contributed by atoms with E-state index in [2.05, 4.69) is 17.6 Å². The molecule has 0 amide bonds. The molecule has 0 spiro atoms. The van der Waals surface area contributed by atoms with Crippen LogP contribution in [0.25, 0.3) is 0 Å². The summed E-state index contributed by atoms with van der Waals surface area (Å²) >= 11 is 0. The van der Waals surface area contributed by atoms with E-state index in [1.54, 1.807) is 0 Å². The second-order valence-electron chi connectivity index (χ2n) is 3.14. The van der Waals surface area contributed by atoms with Gasteiger partial charge in [0.05, 0.1) is 0 Å². The molecular formula is C9H22N2. The van der Waals surface area contributed by atoms with Crippen molar-refractivity contribution < 1.29 is 0 Å². The highest BCUT2D eigenvalue weighted by atomic mass is 14.8. The first-order valence-electron chi connectivity index (χ1n) is 4.63. The van der Waals surface area contributed by atoms with Gasteiger partial charge in [0.2, 0.25) is 0 Å². The fraction of sp³-hybridized carbons (Fsp3) is 1.00. The SMILES string of the molecule is CNCCCCCC(C)NC. The van der Waals surface area contributed by atoms with Gasteiger partial charge >= 0.3 is 0 Å². The fourth-order valence-electron chi connectivity index (χ4n) is 1.07. The molecule has 0 saturated carbocycles. The summed E-state index contributed by atoms with van der Waals surface area (Å²) < 4.78 is 0. The summed E-state index contributed by atoms with van der Waals surface area (Å²) in [6.45, 7) is 3.39. The van der Waals surface area contributed by atoms with Crippen LogP contribution in [0.1, 0.15) is 32.6 Å². The molecule has 0 aliphatic heterocycles. The molecule has 0 fully saturated rings. The van der Waals surface area contributed by atoms with Crippen LogP contribution in [0, 0.1) is 0 Å². The lowest BCUT2D eigenvalue weighted by atomic mass is 10.1. The van der Waals surface area contributed by atoms with E-state index >= 15 is 0 Å². The third-order valence-corrected chi connectivity index (χ3v) is 2.06. The van der Waals surface area contributed by atoms with Gasteiger partial charge < -0.3 is 10.6 Å². The molecule has 2 nitrogen and oxygen atoms in total. The van der Waals surface area contributed by atoms with Crippen molar-refractivity contribution in [3.8, 4) is 0 Å². The van der Waals surface area contributed by atoms with Crippen LogP contribution in [0.4, 0.5) is 0 Å². The van der Waals surface area contributed by atoms with Crippen molar-refractivity contribution in [2.45, 2.75) is 38.6 Å². The topological polar surface area (TPSA) is 24.1 Å². The number of unbranched alkanes of at least 4 members (excludes halogenated alkanes) is 2. The van der Waals surface area contributed by atoms with Gasteiger partial charge in [0.1, 0.15) is 0 Å². The normalized spacial score (nSPS) is 13.4. The molecule has 1 atom stereocenters. The standard InChI is InChI=1S/C9H22N2/c1-9(11-3)7-5-4-6-8-10-2/h9-11H,4-8H2,1-3H3. The molecule has 0 radical (unpaired) electrons. The fourth-order valence-corrected chi connectivity index (χ4v) is 1.07. The summed E-state index contributed by atoms with van der Waals surface area (Å²) in [5.41, 5.74) is 0. The Labute approximate surface area is 70.8 Å². The minimum atomic E-state index is 0.685. The Kier molecular flexibility index (Phi) is 7.96. The first-order chi connectivity index (χ1) is 5.31. The van der Waals surface area contributed by atoms with Crippen LogP contribution in [0.15, 0.2) is 0 Å². The van der Waals surface area contributed by atoms with Crippen LogP contribution in [0.2, 0.25) is 0 Å². The predicted octanol–water partition coefficient (Wildman–Crippen LogP) is 1.37. The van der Waals surface area contributed by atoms with Crippen LogP contribution in [-0.4, -0.2) is 26.7 Å². The maximum atomic E-state index is 3.24. The first kappa shape index (κ1) is 10.9. The van der Waals surface area contributed by atoms with E-state index in [4.69, 9.17) is 0 Å². The number of hydrogen-bond acceptors (Lipinski definition) is 2. The number of nitrogens with one attached hydrogen (secondary N) is 2. The largest absolute Gasteiger partial charge is 0.320 e. The average Bonchev–Trinajstić information content (AvgIpc) is 2.04. The second kappa shape index (κ2) is 8.02. The molecule has 2 heteroatoms. The molecule has 0 bridgehead atoms. The summed E-state index contributed by atoms with van der Waals surface area (Å²) in [5.74, 6) is 0. The zero-order valence-electron chi connectivity index (χ0n) is 8.11. The van der Waals surface area contributed by atoms with E-state index < -0.39 is 0 Å². The van der Waals surface area contributed by atoms with Crippen molar-refractivity contribution in [2.75, 3.05) is 20.6 Å². The summed E-state index contributed by atoms with van der Waals surface area (Å²) in [6.07, 6.45) is 5.32. The zero-order chi connectivity index (χ0) is 8.53. The Balaban J connectivity index is 2.89. The molecule has 68 valence electrons. The van der Waals surface area contributed by atoms with Crippen molar-refractivity contribution in [3.63, 3.8) is 0 Å². The minimum Gasteiger partial charge on any atom is -0.320 e. The van der Waals surface area contributed by atoms with E-state index in [0.717, 1.165) is 6.54 Å². The molecule has 0 aliphatic carbocycles. The van der Waals surface area contributed by atoms with Gasteiger partial charge in [0.15, 0.2) is 0 Å². The summed E-state index contributed by atoms with van der Waals surface area (Å²) in [7, 11) is 4.04. The van der Waals surface area contributed by atoms with Crippen LogP contribution in [-0.2, 0) is 0 Å². The van der Waals surface area contributed by atoms with E-state index in [-0.39, 0.29) is 0 Å². The lowest BCUT2D eigenvalue weighted by Gasteiger charge is -2.08. The third-order valence-electron chi connectivity index (χ3n) is 2.06. The van der Waals surface area contributed by atoms with Crippen LogP contribution >= 0.6 is 0 Å². The quantitative estimate of drug-likeness (QED) is 0.547. The highest BCUT2D eigenvalue weighted by Crippen LogP contribution is 2.01. The maximum Gasteiger partial charge on any atom is 0.00357 e. The average molecular weight is 158 g/mol.